The highest BCUT2D eigenvalue weighted by atomic mass is 16.5. The predicted octanol–water partition coefficient (Wildman–Crippen LogP) is 5.60. The lowest BCUT2D eigenvalue weighted by Gasteiger charge is -2.33. The number of aliphatic imine (C=N–C) groups is 1. The fourth-order valence-electron chi connectivity index (χ4n) is 5.19. The molecule has 1 aliphatic carbocycles. The van der Waals surface area contributed by atoms with E-state index in [0.717, 1.165) is 42.4 Å². The van der Waals surface area contributed by atoms with E-state index in [4.69, 9.17) is 9.73 Å². The molecule has 6 heteroatoms. The van der Waals surface area contributed by atoms with Crippen LogP contribution in [0.4, 0.5) is 5.69 Å². The zero-order chi connectivity index (χ0) is 25.8. The lowest BCUT2D eigenvalue weighted by Crippen LogP contribution is -2.55. The molecule has 2 amide bonds. The highest BCUT2D eigenvalue weighted by Gasteiger charge is 2.39. The molecule has 0 bridgehead atoms. The Balaban J connectivity index is 1.62. The van der Waals surface area contributed by atoms with Crippen molar-refractivity contribution in [3.8, 4) is 5.75 Å². The van der Waals surface area contributed by atoms with Crippen LogP contribution in [0.3, 0.4) is 0 Å². The number of fused-ring (bicyclic) bond motifs is 1. The van der Waals surface area contributed by atoms with E-state index in [9.17, 15) is 9.59 Å². The molecule has 5 rings (SSSR count). The first-order valence-electron chi connectivity index (χ1n) is 13.0. The van der Waals surface area contributed by atoms with Crippen LogP contribution in [0.1, 0.15) is 59.2 Å². The van der Waals surface area contributed by atoms with Gasteiger partial charge < -0.3 is 15.0 Å². The first-order chi connectivity index (χ1) is 18.0. The second kappa shape index (κ2) is 11.0. The summed E-state index contributed by atoms with van der Waals surface area (Å²) in [5.41, 5.74) is 4.50. The average Bonchev–Trinajstić information content (AvgIpc) is 3.05. The summed E-state index contributed by atoms with van der Waals surface area (Å²) in [6.07, 6.45) is 5.32. The van der Waals surface area contributed by atoms with Crippen molar-refractivity contribution in [1.29, 1.82) is 0 Å². The number of para-hydroxylation sites is 1. The highest BCUT2D eigenvalue weighted by molar-refractivity contribution is 6.21. The smallest absolute Gasteiger partial charge is 0.257 e. The van der Waals surface area contributed by atoms with Crippen LogP contribution >= 0.6 is 0 Å². The zero-order valence-electron chi connectivity index (χ0n) is 21.4. The Morgan fingerprint density at radius 1 is 0.973 bits per heavy atom. The molecule has 1 aliphatic heterocycles. The number of aryl methyl sites for hydroxylation is 1. The van der Waals surface area contributed by atoms with Crippen LogP contribution in [0.5, 0.6) is 5.75 Å². The molecule has 3 aromatic carbocycles. The minimum absolute atomic E-state index is 0.111. The Labute approximate surface area is 218 Å². The molecule has 0 saturated heterocycles. The summed E-state index contributed by atoms with van der Waals surface area (Å²) in [5.74, 6) is 0.330. The Morgan fingerprint density at radius 2 is 1.68 bits per heavy atom. The van der Waals surface area contributed by atoms with Crippen molar-refractivity contribution in [2.45, 2.75) is 57.7 Å². The van der Waals surface area contributed by atoms with E-state index in [1.165, 1.54) is 6.42 Å². The number of rotatable bonds is 6. The summed E-state index contributed by atoms with van der Waals surface area (Å²) in [4.78, 5) is 34.8. The number of hydrogen-bond donors (Lipinski definition) is 1. The topological polar surface area (TPSA) is 71.0 Å². The monoisotopic (exact) mass is 495 g/mol. The molecule has 1 fully saturated rings. The molecule has 1 atom stereocenters. The zero-order valence-corrected chi connectivity index (χ0v) is 21.4. The van der Waals surface area contributed by atoms with Crippen LogP contribution in [0, 0.1) is 6.92 Å². The van der Waals surface area contributed by atoms with Crippen molar-refractivity contribution >= 4 is 23.2 Å². The third-order valence-electron chi connectivity index (χ3n) is 7.27. The molecule has 190 valence electrons. The molecular formula is C31H33N3O3. The Kier molecular flexibility index (Phi) is 7.35. The number of methoxy groups -OCH3 is 1. The second-order valence-corrected chi connectivity index (χ2v) is 9.91. The Morgan fingerprint density at radius 3 is 2.38 bits per heavy atom. The van der Waals surface area contributed by atoms with Gasteiger partial charge in [-0.15, -0.1) is 0 Å². The van der Waals surface area contributed by atoms with Gasteiger partial charge in [-0.1, -0.05) is 61.2 Å². The van der Waals surface area contributed by atoms with Gasteiger partial charge in [0.2, 0.25) is 5.91 Å². The quantitative estimate of drug-likeness (QED) is 0.484. The molecule has 6 nitrogen and oxygen atoms in total. The summed E-state index contributed by atoms with van der Waals surface area (Å²) >= 11 is 0. The molecule has 1 saturated carbocycles. The van der Waals surface area contributed by atoms with Crippen LogP contribution in [0.15, 0.2) is 77.8 Å². The van der Waals surface area contributed by atoms with Crippen molar-refractivity contribution in [1.82, 2.24) is 10.2 Å². The van der Waals surface area contributed by atoms with Crippen molar-refractivity contribution in [3.05, 3.63) is 95.1 Å². The van der Waals surface area contributed by atoms with Gasteiger partial charge in [-0.2, -0.15) is 0 Å². The second-order valence-electron chi connectivity index (χ2n) is 9.91. The minimum atomic E-state index is -0.878. The van der Waals surface area contributed by atoms with Crippen LogP contribution in [0.25, 0.3) is 0 Å². The normalized spacial score (nSPS) is 18.0. The summed E-state index contributed by atoms with van der Waals surface area (Å²) in [5, 5.41) is 3.27. The molecule has 37 heavy (non-hydrogen) atoms. The van der Waals surface area contributed by atoms with Gasteiger partial charge in [-0.05, 0) is 67.3 Å². The van der Waals surface area contributed by atoms with Crippen molar-refractivity contribution < 1.29 is 14.3 Å². The van der Waals surface area contributed by atoms with Gasteiger partial charge in [-0.3, -0.25) is 9.59 Å². The van der Waals surface area contributed by atoms with E-state index in [1.807, 2.05) is 73.7 Å². The third kappa shape index (κ3) is 5.43. The predicted molar refractivity (Wildman–Crippen MR) is 145 cm³/mol. The van der Waals surface area contributed by atoms with Crippen LogP contribution in [0.2, 0.25) is 0 Å². The number of carbonyl (C=O) groups excluding carboxylic acids is 2. The summed E-state index contributed by atoms with van der Waals surface area (Å²) in [6, 6.07) is 22.2. The van der Waals surface area contributed by atoms with Gasteiger partial charge in [0.1, 0.15) is 5.75 Å². The van der Waals surface area contributed by atoms with E-state index in [-0.39, 0.29) is 17.9 Å². The average molecular weight is 496 g/mol. The lowest BCUT2D eigenvalue weighted by molar-refractivity contribution is -0.124. The van der Waals surface area contributed by atoms with Gasteiger partial charge in [0, 0.05) is 12.6 Å². The van der Waals surface area contributed by atoms with E-state index >= 15 is 0 Å². The number of amides is 2. The molecule has 0 aromatic heterocycles. The van der Waals surface area contributed by atoms with E-state index < -0.39 is 6.04 Å². The number of nitrogens with one attached hydrogen (secondary N) is 1. The fourth-order valence-corrected chi connectivity index (χ4v) is 5.19. The van der Waals surface area contributed by atoms with Crippen molar-refractivity contribution in [3.63, 3.8) is 0 Å². The minimum Gasteiger partial charge on any atom is -0.497 e. The van der Waals surface area contributed by atoms with E-state index in [1.54, 1.807) is 18.1 Å². The van der Waals surface area contributed by atoms with Crippen LogP contribution in [-0.4, -0.2) is 41.6 Å². The van der Waals surface area contributed by atoms with Gasteiger partial charge in [0.25, 0.3) is 5.91 Å². The lowest BCUT2D eigenvalue weighted by atomic mass is 9.94. The maximum atomic E-state index is 14.1. The highest BCUT2D eigenvalue weighted by Crippen LogP contribution is 2.30. The fraction of sp³-hybridized carbons (Fsp3) is 0.323. The number of benzene rings is 3. The molecule has 3 aromatic rings. The van der Waals surface area contributed by atoms with Gasteiger partial charge in [0.05, 0.1) is 24.1 Å². The maximum Gasteiger partial charge on any atom is 0.257 e. The molecule has 1 heterocycles. The Bertz CT molecular complexity index is 1290. The van der Waals surface area contributed by atoms with E-state index in [0.29, 0.717) is 29.3 Å². The maximum absolute atomic E-state index is 14.1. The molecule has 0 radical (unpaired) electrons. The number of ether oxygens (including phenoxy) is 1. The number of carbonyl (C=O) groups is 2. The first-order valence-corrected chi connectivity index (χ1v) is 13.0. The first kappa shape index (κ1) is 24.8. The van der Waals surface area contributed by atoms with Gasteiger partial charge in [0.15, 0.2) is 6.04 Å². The molecule has 2 aliphatic rings. The number of nitrogens with zero attached hydrogens (tertiary/aromatic N) is 2. The van der Waals surface area contributed by atoms with Gasteiger partial charge in [-0.25, -0.2) is 4.99 Å². The standard InChI is InChI=1S/C31H33N3O3/c1-21-12-14-22(15-13-21)20-34-29(30(35)32-24-8-4-3-5-9-24)28(23-16-18-25(37-2)19-17-23)33-27-11-7-6-10-26(27)31(34)36/h6-7,10-19,24,29H,3-5,8-9,20H2,1-2H3,(H,32,35). The molecule has 1 unspecified atom stereocenters. The van der Waals surface area contributed by atoms with Crippen molar-refractivity contribution in [2.75, 3.05) is 7.11 Å². The van der Waals surface area contributed by atoms with E-state index in [2.05, 4.69) is 5.32 Å². The summed E-state index contributed by atoms with van der Waals surface area (Å²) in [6.45, 7) is 2.33. The molecule has 0 spiro atoms. The van der Waals surface area contributed by atoms with Crippen LogP contribution in [-0.2, 0) is 11.3 Å². The van der Waals surface area contributed by atoms with Crippen molar-refractivity contribution in [2.24, 2.45) is 4.99 Å². The molecular weight excluding hydrogens is 462 g/mol. The number of hydrogen-bond acceptors (Lipinski definition) is 4. The Hall–Kier alpha value is -3.93. The third-order valence-corrected chi connectivity index (χ3v) is 7.27. The largest absolute Gasteiger partial charge is 0.497 e. The summed E-state index contributed by atoms with van der Waals surface area (Å²) < 4.78 is 5.36. The summed E-state index contributed by atoms with van der Waals surface area (Å²) in [7, 11) is 1.62. The van der Waals surface area contributed by atoms with Crippen LogP contribution < -0.4 is 10.1 Å². The molecule has 1 N–H and O–H groups in total. The van der Waals surface area contributed by atoms with Gasteiger partial charge >= 0.3 is 0 Å². The SMILES string of the molecule is COc1ccc(C2=Nc3ccccc3C(=O)N(Cc3ccc(C)cc3)C2C(=O)NC2CCCCC2)cc1.